The van der Waals surface area contributed by atoms with Crippen LogP contribution in [0.4, 0.5) is 10.5 Å². The third-order valence-corrected chi connectivity index (χ3v) is 4.53. The fourth-order valence-corrected chi connectivity index (χ4v) is 3.17. The molecule has 0 aromatic heterocycles. The molecule has 3 N–H and O–H groups in total. The maximum absolute atomic E-state index is 12.6. The molecule has 1 fully saturated rings. The van der Waals surface area contributed by atoms with Gasteiger partial charge in [0.2, 0.25) is 11.8 Å². The molecule has 4 amide bonds. The molecule has 1 aliphatic carbocycles. The number of fused-ring (bicyclic) bond motifs is 1. The Labute approximate surface area is 144 Å². The van der Waals surface area contributed by atoms with E-state index >= 15 is 0 Å². The van der Waals surface area contributed by atoms with E-state index in [9.17, 15) is 19.2 Å². The Morgan fingerprint density at radius 1 is 1.28 bits per heavy atom. The van der Waals surface area contributed by atoms with Crippen LogP contribution in [0.25, 0.3) is 0 Å². The molecule has 1 saturated heterocycles. The molecule has 1 aromatic rings. The smallest absolute Gasteiger partial charge is 0.322 e. The van der Waals surface area contributed by atoms with Gasteiger partial charge in [0.05, 0.1) is 6.42 Å². The molecule has 8 heteroatoms. The molecule has 8 nitrogen and oxygen atoms in total. The van der Waals surface area contributed by atoms with E-state index in [1.807, 2.05) is 0 Å². The molecule has 0 unspecified atom stereocenters. The highest BCUT2D eigenvalue weighted by Gasteiger charge is 2.34. The molecule has 25 heavy (non-hydrogen) atoms. The highest BCUT2D eigenvalue weighted by molar-refractivity contribution is 6.01. The Hall–Kier alpha value is -2.90. The zero-order valence-electron chi connectivity index (χ0n) is 13.9. The van der Waals surface area contributed by atoms with E-state index in [-0.39, 0.29) is 24.0 Å². The average molecular weight is 344 g/mol. The highest BCUT2D eigenvalue weighted by atomic mass is 16.2. The first-order valence-electron chi connectivity index (χ1n) is 8.21. The van der Waals surface area contributed by atoms with Crippen molar-refractivity contribution in [2.75, 3.05) is 25.5 Å². The quantitative estimate of drug-likeness (QED) is 0.732. The van der Waals surface area contributed by atoms with Crippen molar-refractivity contribution in [1.82, 2.24) is 15.5 Å². The molecule has 0 radical (unpaired) electrons. The Morgan fingerprint density at radius 3 is 2.84 bits per heavy atom. The van der Waals surface area contributed by atoms with Gasteiger partial charge in [0.1, 0.15) is 6.04 Å². The lowest BCUT2D eigenvalue weighted by Crippen LogP contribution is -2.59. The number of piperazine rings is 1. The fourth-order valence-electron chi connectivity index (χ4n) is 3.17. The number of Topliss-reactive ketones (excluding diaryl/α,β-unsaturated/α-hetero) is 1. The lowest BCUT2D eigenvalue weighted by atomic mass is 10.1. The van der Waals surface area contributed by atoms with Gasteiger partial charge in [-0.3, -0.25) is 14.4 Å². The third kappa shape index (κ3) is 3.47. The molecule has 1 aliphatic heterocycles. The monoisotopic (exact) mass is 344 g/mol. The first kappa shape index (κ1) is 16.9. The number of aryl methyl sites for hydroxylation is 1. The minimum atomic E-state index is -0.843. The molecule has 2 aliphatic rings. The number of hydrogen-bond donors (Lipinski definition) is 3. The number of nitrogens with one attached hydrogen (secondary N) is 3. The van der Waals surface area contributed by atoms with Crippen LogP contribution in [-0.2, 0) is 16.0 Å². The molecule has 0 saturated carbocycles. The maximum Gasteiger partial charge on any atom is 0.322 e. The zero-order chi connectivity index (χ0) is 18.0. The van der Waals surface area contributed by atoms with Gasteiger partial charge in [0, 0.05) is 37.8 Å². The Bertz CT molecular complexity index is 746. The second-order valence-electron chi connectivity index (χ2n) is 6.10. The van der Waals surface area contributed by atoms with Crippen LogP contribution in [0.15, 0.2) is 18.2 Å². The predicted molar refractivity (Wildman–Crippen MR) is 90.3 cm³/mol. The molecule has 0 bridgehead atoms. The first-order valence-corrected chi connectivity index (χ1v) is 8.21. The van der Waals surface area contributed by atoms with Crippen LogP contribution in [0.1, 0.15) is 28.8 Å². The summed E-state index contributed by atoms with van der Waals surface area (Å²) >= 11 is 0. The van der Waals surface area contributed by atoms with Crippen LogP contribution >= 0.6 is 0 Å². The zero-order valence-corrected chi connectivity index (χ0v) is 13.9. The van der Waals surface area contributed by atoms with Crippen molar-refractivity contribution in [3.05, 3.63) is 29.3 Å². The van der Waals surface area contributed by atoms with Gasteiger partial charge in [0.25, 0.3) is 0 Å². The largest absolute Gasteiger partial charge is 0.359 e. The number of amides is 4. The van der Waals surface area contributed by atoms with Crippen molar-refractivity contribution < 1.29 is 19.2 Å². The first-order chi connectivity index (χ1) is 12.0. The van der Waals surface area contributed by atoms with Crippen LogP contribution < -0.4 is 16.0 Å². The number of nitrogens with zero attached hydrogens (tertiary/aromatic N) is 1. The predicted octanol–water partition coefficient (Wildman–Crippen LogP) is 0.284. The van der Waals surface area contributed by atoms with Gasteiger partial charge >= 0.3 is 6.03 Å². The maximum atomic E-state index is 12.6. The van der Waals surface area contributed by atoms with Crippen LogP contribution in [0.5, 0.6) is 0 Å². The summed E-state index contributed by atoms with van der Waals surface area (Å²) in [6.07, 6.45) is 1.07. The summed E-state index contributed by atoms with van der Waals surface area (Å²) in [5, 5.41) is 7.90. The van der Waals surface area contributed by atoms with E-state index in [1.54, 1.807) is 18.2 Å². The second kappa shape index (κ2) is 6.92. The molecular weight excluding hydrogens is 324 g/mol. The van der Waals surface area contributed by atoms with Gasteiger partial charge in [0.15, 0.2) is 5.78 Å². The van der Waals surface area contributed by atoms with Crippen LogP contribution in [0.2, 0.25) is 0 Å². The molecule has 1 atom stereocenters. The van der Waals surface area contributed by atoms with Crippen LogP contribution in [-0.4, -0.2) is 54.7 Å². The number of ketones is 1. The second-order valence-corrected chi connectivity index (χ2v) is 6.10. The Morgan fingerprint density at radius 2 is 2.08 bits per heavy atom. The summed E-state index contributed by atoms with van der Waals surface area (Å²) in [6.45, 7) is 0.665. The van der Waals surface area contributed by atoms with Crippen molar-refractivity contribution in [1.29, 1.82) is 0 Å². The average Bonchev–Trinajstić information content (AvgIpc) is 2.97. The van der Waals surface area contributed by atoms with Crippen LogP contribution in [0.3, 0.4) is 0 Å². The van der Waals surface area contributed by atoms with Gasteiger partial charge in [-0.25, -0.2) is 4.79 Å². The summed E-state index contributed by atoms with van der Waals surface area (Å²) < 4.78 is 0. The minimum Gasteiger partial charge on any atom is -0.359 e. The standard InChI is InChI=1S/C17H20N4O4/c1-18-15(23)9-13-16(24)19-6-7-21(13)17(25)20-11-3-4-12-10(8-11)2-5-14(12)22/h3-4,8,13H,2,5-7,9H2,1H3,(H,18,23)(H,19,24)(H,20,25)/t13-/m1/s1. The normalized spacial score (nSPS) is 19.2. The Balaban J connectivity index is 1.73. The van der Waals surface area contributed by atoms with E-state index in [4.69, 9.17) is 0 Å². The summed E-state index contributed by atoms with van der Waals surface area (Å²) in [5.41, 5.74) is 2.19. The van der Waals surface area contributed by atoms with Crippen LogP contribution in [0, 0.1) is 0 Å². The third-order valence-electron chi connectivity index (χ3n) is 4.53. The molecular formula is C17H20N4O4. The van der Waals surface area contributed by atoms with Crippen molar-refractivity contribution >= 4 is 29.3 Å². The lowest BCUT2D eigenvalue weighted by Gasteiger charge is -2.34. The molecule has 1 aromatic carbocycles. The number of hydrogen-bond acceptors (Lipinski definition) is 4. The molecule has 0 spiro atoms. The SMILES string of the molecule is CNC(=O)C[C@@H]1C(=O)NCCN1C(=O)Nc1ccc2c(c1)CCC2=O. The van der Waals surface area contributed by atoms with Gasteiger partial charge in [-0.2, -0.15) is 0 Å². The number of benzene rings is 1. The lowest BCUT2D eigenvalue weighted by molar-refractivity contribution is -0.132. The number of rotatable bonds is 3. The number of carbonyl (C=O) groups is 4. The van der Waals surface area contributed by atoms with Gasteiger partial charge in [-0.15, -0.1) is 0 Å². The van der Waals surface area contributed by atoms with E-state index in [1.165, 1.54) is 11.9 Å². The highest BCUT2D eigenvalue weighted by Crippen LogP contribution is 2.25. The van der Waals surface area contributed by atoms with E-state index in [0.29, 0.717) is 37.2 Å². The van der Waals surface area contributed by atoms with E-state index in [0.717, 1.165) is 5.56 Å². The molecule has 132 valence electrons. The topological polar surface area (TPSA) is 108 Å². The molecule has 1 heterocycles. The number of carbonyl (C=O) groups excluding carboxylic acids is 4. The van der Waals surface area contributed by atoms with Gasteiger partial charge < -0.3 is 20.9 Å². The van der Waals surface area contributed by atoms with Crippen molar-refractivity contribution in [3.63, 3.8) is 0 Å². The summed E-state index contributed by atoms with van der Waals surface area (Å²) in [4.78, 5) is 49.3. The number of urea groups is 1. The summed E-state index contributed by atoms with van der Waals surface area (Å²) in [6, 6.07) is 3.90. The Kier molecular flexibility index (Phi) is 4.69. The van der Waals surface area contributed by atoms with E-state index in [2.05, 4.69) is 16.0 Å². The van der Waals surface area contributed by atoms with Gasteiger partial charge in [-0.1, -0.05) is 0 Å². The van der Waals surface area contributed by atoms with Gasteiger partial charge in [-0.05, 0) is 30.2 Å². The summed E-state index contributed by atoms with van der Waals surface area (Å²) in [7, 11) is 1.49. The summed E-state index contributed by atoms with van der Waals surface area (Å²) in [5.74, 6) is -0.535. The number of anilines is 1. The minimum absolute atomic E-state index is 0.0888. The van der Waals surface area contributed by atoms with Crippen molar-refractivity contribution in [3.8, 4) is 0 Å². The fraction of sp³-hybridized carbons (Fsp3) is 0.412. The van der Waals surface area contributed by atoms with Crippen molar-refractivity contribution in [2.24, 2.45) is 0 Å². The van der Waals surface area contributed by atoms with Crippen molar-refractivity contribution in [2.45, 2.75) is 25.3 Å². The van der Waals surface area contributed by atoms with E-state index < -0.39 is 12.1 Å². The molecule has 3 rings (SSSR count).